The lowest BCUT2D eigenvalue weighted by molar-refractivity contribution is -0.203. The summed E-state index contributed by atoms with van der Waals surface area (Å²) in [7, 11) is 0. The summed E-state index contributed by atoms with van der Waals surface area (Å²) in [5, 5.41) is 11.9. The van der Waals surface area contributed by atoms with Gasteiger partial charge in [0.05, 0.1) is 5.01 Å². The summed E-state index contributed by atoms with van der Waals surface area (Å²) in [4.78, 5) is 26.2. The topological polar surface area (TPSA) is 105 Å². The smallest absolute Gasteiger partial charge is 0.422 e. The first-order valence-electron chi connectivity index (χ1n) is 5.39. The molecule has 1 aromatic heterocycles. The fourth-order valence-corrected chi connectivity index (χ4v) is 1.98. The molecule has 1 aromatic rings. The molecule has 20 heavy (non-hydrogen) atoms. The second kappa shape index (κ2) is 5.75. The summed E-state index contributed by atoms with van der Waals surface area (Å²) in [5.74, 6) is -3.40. The van der Waals surface area contributed by atoms with Gasteiger partial charge in [0.15, 0.2) is 0 Å². The number of aliphatic carboxylic acids is 1. The van der Waals surface area contributed by atoms with Gasteiger partial charge in [0.25, 0.3) is 5.91 Å². The van der Waals surface area contributed by atoms with Crippen LogP contribution in [-0.4, -0.2) is 40.2 Å². The van der Waals surface area contributed by atoms with E-state index >= 15 is 0 Å². The van der Waals surface area contributed by atoms with E-state index in [2.05, 4.69) is 4.98 Å². The standard InChI is InChI=1S/C10H12F3N3O3S/c1-9(8(18)19,10(11,12)13)16-7(17)5-4-20-6(15-5)2-3-14/h4H,2-3,14H2,1H3,(H,16,17)(H,18,19). The number of aromatic nitrogens is 1. The van der Waals surface area contributed by atoms with Crippen LogP contribution in [0.3, 0.4) is 0 Å². The fraction of sp³-hybridized carbons (Fsp3) is 0.500. The second-order valence-corrected chi connectivity index (χ2v) is 4.99. The molecule has 0 radical (unpaired) electrons. The maximum absolute atomic E-state index is 12.7. The molecule has 1 unspecified atom stereocenters. The lowest BCUT2D eigenvalue weighted by atomic mass is 10.0. The Kier molecular flexibility index (Phi) is 4.71. The van der Waals surface area contributed by atoms with E-state index in [0.29, 0.717) is 18.4 Å². The first kappa shape index (κ1) is 16.4. The minimum atomic E-state index is -5.13. The van der Waals surface area contributed by atoms with Crippen molar-refractivity contribution in [1.82, 2.24) is 10.3 Å². The van der Waals surface area contributed by atoms with Gasteiger partial charge in [-0.15, -0.1) is 11.3 Å². The molecular formula is C10H12F3N3O3S. The number of hydrogen-bond acceptors (Lipinski definition) is 5. The third-order valence-electron chi connectivity index (χ3n) is 2.50. The Labute approximate surface area is 115 Å². The third kappa shape index (κ3) is 3.25. The number of halogens is 3. The molecule has 10 heteroatoms. The van der Waals surface area contributed by atoms with Gasteiger partial charge in [0.1, 0.15) is 5.69 Å². The van der Waals surface area contributed by atoms with E-state index in [1.165, 1.54) is 10.7 Å². The maximum Gasteiger partial charge on any atom is 0.422 e. The number of rotatable bonds is 5. The molecule has 6 nitrogen and oxygen atoms in total. The van der Waals surface area contributed by atoms with Crippen LogP contribution in [0.4, 0.5) is 13.2 Å². The number of carbonyl (C=O) groups excluding carboxylic acids is 1. The summed E-state index contributed by atoms with van der Waals surface area (Å²) in [5.41, 5.74) is 1.64. The molecule has 1 amide bonds. The quantitative estimate of drug-likeness (QED) is 0.745. The highest BCUT2D eigenvalue weighted by molar-refractivity contribution is 7.09. The van der Waals surface area contributed by atoms with Gasteiger partial charge in [0.2, 0.25) is 5.54 Å². The van der Waals surface area contributed by atoms with E-state index < -0.39 is 23.6 Å². The number of nitrogens with zero attached hydrogens (tertiary/aromatic N) is 1. The van der Waals surface area contributed by atoms with Crippen LogP contribution < -0.4 is 11.1 Å². The van der Waals surface area contributed by atoms with Gasteiger partial charge >= 0.3 is 12.1 Å². The number of carboxylic acid groups (broad SMARTS) is 1. The Bertz CT molecular complexity index is 517. The van der Waals surface area contributed by atoms with E-state index in [4.69, 9.17) is 10.8 Å². The van der Waals surface area contributed by atoms with Gasteiger partial charge in [-0.05, 0) is 13.5 Å². The van der Waals surface area contributed by atoms with E-state index in [1.807, 2.05) is 0 Å². The van der Waals surface area contributed by atoms with Crippen molar-refractivity contribution < 1.29 is 27.9 Å². The van der Waals surface area contributed by atoms with Crippen molar-refractivity contribution in [3.05, 3.63) is 16.1 Å². The zero-order chi connectivity index (χ0) is 15.6. The van der Waals surface area contributed by atoms with Crippen LogP contribution in [0.5, 0.6) is 0 Å². The molecule has 0 saturated heterocycles. The summed E-state index contributed by atoms with van der Waals surface area (Å²) in [6.45, 7) is 0.657. The fourth-order valence-electron chi connectivity index (χ4n) is 1.19. The largest absolute Gasteiger partial charge is 0.479 e. The van der Waals surface area contributed by atoms with Crippen LogP contribution in [0, 0.1) is 0 Å². The van der Waals surface area contributed by atoms with E-state index in [-0.39, 0.29) is 12.2 Å². The summed E-state index contributed by atoms with van der Waals surface area (Å²) < 4.78 is 38.2. The highest BCUT2D eigenvalue weighted by atomic mass is 32.1. The summed E-state index contributed by atoms with van der Waals surface area (Å²) in [6, 6.07) is 0. The molecule has 0 aromatic carbocycles. The molecule has 0 saturated carbocycles. The van der Waals surface area contributed by atoms with Gasteiger partial charge in [-0.1, -0.05) is 0 Å². The number of hydrogen-bond donors (Lipinski definition) is 3. The number of carboxylic acids is 1. The molecule has 0 bridgehead atoms. The molecule has 1 heterocycles. The third-order valence-corrected chi connectivity index (χ3v) is 3.41. The van der Waals surface area contributed by atoms with Crippen LogP contribution in [0.15, 0.2) is 5.38 Å². The zero-order valence-corrected chi connectivity index (χ0v) is 11.1. The number of thiazole rings is 1. The van der Waals surface area contributed by atoms with Crippen LogP contribution in [0.25, 0.3) is 0 Å². The molecule has 0 aliphatic rings. The van der Waals surface area contributed by atoms with Gasteiger partial charge in [-0.3, -0.25) is 4.79 Å². The highest BCUT2D eigenvalue weighted by Gasteiger charge is 2.58. The SMILES string of the molecule is CC(NC(=O)c1csc(CCN)n1)(C(=O)O)C(F)(F)F. The minimum absolute atomic E-state index is 0.268. The van der Waals surface area contributed by atoms with Crippen LogP contribution >= 0.6 is 11.3 Å². The lowest BCUT2D eigenvalue weighted by Gasteiger charge is -2.28. The Morgan fingerprint density at radius 3 is 2.55 bits per heavy atom. The van der Waals surface area contributed by atoms with Crippen LogP contribution in [0.1, 0.15) is 22.4 Å². The average molecular weight is 311 g/mol. The molecule has 112 valence electrons. The summed E-state index contributed by atoms with van der Waals surface area (Å²) >= 11 is 1.06. The Balaban J connectivity index is 2.94. The van der Waals surface area contributed by atoms with Gasteiger partial charge in [-0.2, -0.15) is 13.2 Å². The number of carbonyl (C=O) groups is 2. The predicted molar refractivity (Wildman–Crippen MR) is 64.4 cm³/mol. The Morgan fingerprint density at radius 1 is 1.50 bits per heavy atom. The minimum Gasteiger partial charge on any atom is -0.479 e. The molecule has 0 spiro atoms. The van der Waals surface area contributed by atoms with Crippen molar-refractivity contribution in [2.45, 2.75) is 25.1 Å². The van der Waals surface area contributed by atoms with Gasteiger partial charge in [-0.25, -0.2) is 9.78 Å². The van der Waals surface area contributed by atoms with Crippen molar-refractivity contribution in [2.75, 3.05) is 6.54 Å². The molecule has 1 rings (SSSR count). The predicted octanol–water partition coefficient (Wildman–Crippen LogP) is 0.780. The number of amides is 1. The lowest BCUT2D eigenvalue weighted by Crippen LogP contribution is -2.61. The first-order valence-corrected chi connectivity index (χ1v) is 6.27. The van der Waals surface area contributed by atoms with Gasteiger partial charge < -0.3 is 16.2 Å². The van der Waals surface area contributed by atoms with Gasteiger partial charge in [0, 0.05) is 11.8 Å². The highest BCUT2D eigenvalue weighted by Crippen LogP contribution is 2.30. The van der Waals surface area contributed by atoms with Crippen molar-refractivity contribution in [3.8, 4) is 0 Å². The zero-order valence-electron chi connectivity index (χ0n) is 10.3. The van der Waals surface area contributed by atoms with E-state index in [0.717, 1.165) is 11.3 Å². The molecule has 4 N–H and O–H groups in total. The van der Waals surface area contributed by atoms with Crippen LogP contribution in [-0.2, 0) is 11.2 Å². The number of nitrogens with two attached hydrogens (primary N) is 1. The van der Waals surface area contributed by atoms with Crippen molar-refractivity contribution >= 4 is 23.2 Å². The Hall–Kier alpha value is -1.68. The summed E-state index contributed by atoms with van der Waals surface area (Å²) in [6.07, 6.45) is -4.75. The number of alkyl halides is 3. The molecular weight excluding hydrogens is 299 g/mol. The molecule has 0 aliphatic carbocycles. The van der Waals surface area contributed by atoms with Crippen LogP contribution in [0.2, 0.25) is 0 Å². The van der Waals surface area contributed by atoms with Crippen molar-refractivity contribution in [3.63, 3.8) is 0 Å². The average Bonchev–Trinajstić information content (AvgIpc) is 2.76. The molecule has 0 fully saturated rings. The monoisotopic (exact) mass is 311 g/mol. The van der Waals surface area contributed by atoms with E-state index in [1.54, 1.807) is 0 Å². The van der Waals surface area contributed by atoms with Crippen molar-refractivity contribution in [2.24, 2.45) is 5.73 Å². The number of nitrogens with one attached hydrogen (secondary N) is 1. The molecule has 1 atom stereocenters. The maximum atomic E-state index is 12.7. The van der Waals surface area contributed by atoms with E-state index in [9.17, 15) is 22.8 Å². The first-order chi connectivity index (χ1) is 9.11. The second-order valence-electron chi connectivity index (χ2n) is 4.05. The van der Waals surface area contributed by atoms with Crippen molar-refractivity contribution in [1.29, 1.82) is 0 Å². The molecule has 0 aliphatic heterocycles. The Morgan fingerprint density at radius 2 is 2.10 bits per heavy atom. The normalized spacial score (nSPS) is 14.7.